The Morgan fingerprint density at radius 2 is 1.33 bits per heavy atom. The van der Waals surface area contributed by atoms with Crippen LogP contribution in [0.2, 0.25) is 0 Å². The normalized spacial score (nSPS) is 12.0. The van der Waals surface area contributed by atoms with Crippen LogP contribution in [0.5, 0.6) is 0 Å². The average molecular weight is 491 g/mol. The largest absolute Gasteiger partial charge is 0.385 e. The van der Waals surface area contributed by atoms with Gasteiger partial charge in [0, 0.05) is 41.5 Å². The molecule has 0 bridgehead atoms. The fraction of sp³-hybridized carbons (Fsp3) is 0.212. The van der Waals surface area contributed by atoms with Crippen LogP contribution in [-0.4, -0.2) is 19.6 Å². The Morgan fingerprint density at radius 3 is 2.03 bits per heavy atom. The third-order valence-electron chi connectivity index (χ3n) is 6.96. The maximum Gasteiger partial charge on any atom is 0.0914 e. The van der Waals surface area contributed by atoms with Crippen molar-refractivity contribution >= 4 is 32.8 Å². The Bertz CT molecular complexity index is 1420. The van der Waals surface area contributed by atoms with E-state index < -0.39 is 0 Å². The van der Waals surface area contributed by atoms with Gasteiger partial charge < -0.3 is 10.2 Å². The van der Waals surface area contributed by atoms with Crippen LogP contribution < -0.4 is 10.2 Å². The molecule has 0 aliphatic carbocycles. The molecule has 1 aromatic heterocycles. The van der Waals surface area contributed by atoms with Crippen LogP contribution in [-0.2, 0) is 0 Å². The van der Waals surface area contributed by atoms with Gasteiger partial charge >= 0.3 is 0 Å². The highest BCUT2D eigenvalue weighted by molar-refractivity contribution is 7.19. The van der Waals surface area contributed by atoms with Gasteiger partial charge in [0.15, 0.2) is 0 Å². The molecule has 5 aromatic rings. The van der Waals surface area contributed by atoms with Crippen molar-refractivity contribution in [2.45, 2.75) is 26.7 Å². The molecular weight excluding hydrogens is 456 g/mol. The third-order valence-corrected chi connectivity index (χ3v) is 8.16. The van der Waals surface area contributed by atoms with Gasteiger partial charge in [0.25, 0.3) is 0 Å². The molecule has 0 spiro atoms. The van der Waals surface area contributed by atoms with E-state index in [-0.39, 0.29) is 5.92 Å². The zero-order chi connectivity index (χ0) is 24.9. The predicted octanol–water partition coefficient (Wildman–Crippen LogP) is 9.03. The molecule has 0 saturated heterocycles. The highest BCUT2D eigenvalue weighted by atomic mass is 32.1. The van der Waals surface area contributed by atoms with Gasteiger partial charge in [0.2, 0.25) is 0 Å². The van der Waals surface area contributed by atoms with Gasteiger partial charge in [-0.05, 0) is 66.6 Å². The SMILES string of the molecule is CCNc1ccc(C(c2ccccc2)c2ccc(-c3ccc(N(CC)CC)s3)cc2)c2ccccc12. The van der Waals surface area contributed by atoms with Crippen molar-refractivity contribution in [2.24, 2.45) is 0 Å². The van der Waals surface area contributed by atoms with Gasteiger partial charge in [-0.25, -0.2) is 0 Å². The smallest absolute Gasteiger partial charge is 0.0914 e. The quantitative estimate of drug-likeness (QED) is 0.207. The first-order chi connectivity index (χ1) is 17.7. The van der Waals surface area contributed by atoms with Crippen molar-refractivity contribution in [1.29, 1.82) is 0 Å². The van der Waals surface area contributed by atoms with E-state index in [2.05, 4.69) is 134 Å². The topological polar surface area (TPSA) is 15.3 Å². The zero-order valence-corrected chi connectivity index (χ0v) is 22.2. The molecule has 0 saturated carbocycles. The second kappa shape index (κ2) is 11.0. The molecule has 1 atom stereocenters. The molecule has 2 nitrogen and oxygen atoms in total. The minimum absolute atomic E-state index is 0.162. The van der Waals surface area contributed by atoms with Crippen LogP contribution in [0.3, 0.4) is 0 Å². The van der Waals surface area contributed by atoms with Crippen molar-refractivity contribution in [1.82, 2.24) is 0 Å². The van der Waals surface area contributed by atoms with Crippen LogP contribution in [0, 0.1) is 0 Å². The van der Waals surface area contributed by atoms with Crippen molar-refractivity contribution < 1.29 is 0 Å². The van der Waals surface area contributed by atoms with E-state index in [1.165, 1.54) is 48.6 Å². The summed E-state index contributed by atoms with van der Waals surface area (Å²) in [4.78, 5) is 3.73. The van der Waals surface area contributed by atoms with Crippen LogP contribution in [0.15, 0.2) is 103 Å². The van der Waals surface area contributed by atoms with Crippen LogP contribution in [0.4, 0.5) is 10.7 Å². The summed E-state index contributed by atoms with van der Waals surface area (Å²) in [7, 11) is 0. The number of thiophene rings is 1. The number of benzene rings is 4. The molecule has 36 heavy (non-hydrogen) atoms. The average Bonchev–Trinajstić information content (AvgIpc) is 3.42. The standard InChI is InChI=1S/C33H34N2S/c1-4-34-30-21-20-29(27-14-10-11-15-28(27)30)33(25-12-8-7-9-13-25)26-18-16-24(17-19-26)31-22-23-32(36-31)35(5-2)6-3/h7-23,33-34H,4-6H2,1-3H3. The lowest BCUT2D eigenvalue weighted by atomic mass is 9.82. The Kier molecular flexibility index (Phi) is 7.39. The summed E-state index contributed by atoms with van der Waals surface area (Å²) >= 11 is 1.88. The summed E-state index contributed by atoms with van der Waals surface area (Å²) < 4.78 is 0. The molecular formula is C33H34N2S. The van der Waals surface area contributed by atoms with Gasteiger partial charge in [-0.3, -0.25) is 0 Å². The lowest BCUT2D eigenvalue weighted by Crippen LogP contribution is -2.20. The number of nitrogens with zero attached hydrogens (tertiary/aromatic N) is 1. The molecule has 182 valence electrons. The number of hydrogen-bond donors (Lipinski definition) is 1. The van der Waals surface area contributed by atoms with E-state index in [4.69, 9.17) is 0 Å². The van der Waals surface area contributed by atoms with Gasteiger partial charge in [-0.1, -0.05) is 84.9 Å². The number of anilines is 2. The van der Waals surface area contributed by atoms with Crippen molar-refractivity contribution in [3.8, 4) is 10.4 Å². The number of rotatable bonds is 9. The first kappa shape index (κ1) is 24.1. The number of nitrogens with one attached hydrogen (secondary N) is 1. The molecule has 5 rings (SSSR count). The summed E-state index contributed by atoms with van der Waals surface area (Å²) in [6.07, 6.45) is 0. The molecule has 0 aliphatic heterocycles. The molecule has 0 radical (unpaired) electrons. The van der Waals surface area contributed by atoms with Crippen LogP contribution in [0.1, 0.15) is 43.4 Å². The van der Waals surface area contributed by atoms with E-state index in [0.29, 0.717) is 0 Å². The Hall–Kier alpha value is -3.56. The summed E-state index contributed by atoms with van der Waals surface area (Å²) in [5.41, 5.74) is 6.44. The summed E-state index contributed by atoms with van der Waals surface area (Å²) in [5.74, 6) is 0.162. The zero-order valence-electron chi connectivity index (χ0n) is 21.4. The summed E-state index contributed by atoms with van der Waals surface area (Å²) in [5, 5.41) is 7.46. The molecule has 1 unspecified atom stereocenters. The highest BCUT2D eigenvalue weighted by Crippen LogP contribution is 2.40. The van der Waals surface area contributed by atoms with Crippen LogP contribution >= 0.6 is 11.3 Å². The van der Waals surface area contributed by atoms with Crippen molar-refractivity contribution in [2.75, 3.05) is 29.9 Å². The molecule has 0 aliphatic rings. The van der Waals surface area contributed by atoms with Crippen molar-refractivity contribution in [3.05, 3.63) is 120 Å². The van der Waals surface area contributed by atoms with E-state index in [1.54, 1.807) is 0 Å². The Morgan fingerprint density at radius 1 is 0.667 bits per heavy atom. The molecule has 0 amide bonds. The fourth-order valence-electron chi connectivity index (χ4n) is 5.14. The molecule has 1 N–H and O–H groups in total. The molecule has 3 heteroatoms. The lowest BCUT2D eigenvalue weighted by molar-refractivity contribution is 0.876. The van der Waals surface area contributed by atoms with E-state index in [1.807, 2.05) is 11.3 Å². The van der Waals surface area contributed by atoms with Gasteiger partial charge in [0.05, 0.1) is 5.00 Å². The summed E-state index contributed by atoms with van der Waals surface area (Å²) in [6.45, 7) is 9.57. The maximum atomic E-state index is 3.54. The Labute approximate surface area is 219 Å². The van der Waals surface area contributed by atoms with Crippen molar-refractivity contribution in [3.63, 3.8) is 0 Å². The maximum absolute atomic E-state index is 3.54. The molecule has 1 heterocycles. The van der Waals surface area contributed by atoms with E-state index in [0.717, 1.165) is 19.6 Å². The van der Waals surface area contributed by atoms with Crippen LogP contribution in [0.25, 0.3) is 21.2 Å². The summed E-state index contributed by atoms with van der Waals surface area (Å²) in [6, 6.07) is 37.9. The second-order valence-corrected chi connectivity index (χ2v) is 10.1. The molecule has 0 fully saturated rings. The minimum atomic E-state index is 0.162. The van der Waals surface area contributed by atoms with Gasteiger partial charge in [-0.15, -0.1) is 11.3 Å². The minimum Gasteiger partial charge on any atom is -0.385 e. The second-order valence-electron chi connectivity index (χ2n) is 9.05. The number of hydrogen-bond acceptors (Lipinski definition) is 3. The van der Waals surface area contributed by atoms with Gasteiger partial charge in [0.1, 0.15) is 0 Å². The van der Waals surface area contributed by atoms with E-state index >= 15 is 0 Å². The highest BCUT2D eigenvalue weighted by Gasteiger charge is 2.20. The monoisotopic (exact) mass is 490 g/mol. The van der Waals surface area contributed by atoms with Gasteiger partial charge in [-0.2, -0.15) is 0 Å². The lowest BCUT2D eigenvalue weighted by Gasteiger charge is -2.22. The first-order valence-corrected chi connectivity index (χ1v) is 13.8. The first-order valence-electron chi connectivity index (χ1n) is 13.0. The molecule has 4 aromatic carbocycles. The Balaban J connectivity index is 1.58. The van der Waals surface area contributed by atoms with E-state index in [9.17, 15) is 0 Å². The third kappa shape index (κ3) is 4.76. The predicted molar refractivity (Wildman–Crippen MR) is 159 cm³/mol. The fourth-order valence-corrected chi connectivity index (χ4v) is 6.28. The number of fused-ring (bicyclic) bond motifs is 1.